The minimum Gasteiger partial charge on any atom is -0.507 e. The van der Waals surface area contributed by atoms with Crippen LogP contribution in [0.1, 0.15) is 22.9 Å². The summed E-state index contributed by atoms with van der Waals surface area (Å²) in [6.45, 7) is 0.248. The van der Waals surface area contributed by atoms with E-state index in [1.54, 1.807) is 36.4 Å². The zero-order valence-electron chi connectivity index (χ0n) is 17.0. The van der Waals surface area contributed by atoms with E-state index in [0.717, 1.165) is 5.56 Å². The maximum atomic E-state index is 13.0. The van der Waals surface area contributed by atoms with Crippen LogP contribution in [-0.2, 0) is 16.0 Å². The van der Waals surface area contributed by atoms with Crippen molar-refractivity contribution in [2.24, 2.45) is 0 Å². The highest BCUT2D eigenvalue weighted by Crippen LogP contribution is 2.40. The molecule has 4 rings (SSSR count). The standard InChI is InChI=1S/C24H19Cl2NO5/c1-31-19-13-15(6-9-17(19)26)22(28)20-21(18-3-2-12-32-18)27(24(30)23(20)29)11-10-14-4-7-16(25)8-5-14/h2-9,12-13,21,28H,10-11H2,1H3/b22-20-. The van der Waals surface area contributed by atoms with E-state index in [-0.39, 0.29) is 17.9 Å². The van der Waals surface area contributed by atoms with Crippen LogP contribution in [0.2, 0.25) is 10.0 Å². The molecule has 2 heterocycles. The number of Topliss-reactive ketones (excluding diaryl/α,β-unsaturated/α-hetero) is 1. The molecule has 0 aliphatic carbocycles. The van der Waals surface area contributed by atoms with Crippen molar-refractivity contribution in [1.82, 2.24) is 4.90 Å². The molecule has 0 saturated carbocycles. The van der Waals surface area contributed by atoms with Crippen LogP contribution in [-0.4, -0.2) is 35.4 Å². The van der Waals surface area contributed by atoms with Crippen LogP contribution in [0.3, 0.4) is 0 Å². The normalized spacial score (nSPS) is 17.7. The quantitative estimate of drug-likeness (QED) is 0.301. The second kappa shape index (κ2) is 9.10. The maximum absolute atomic E-state index is 13.0. The van der Waals surface area contributed by atoms with Crippen LogP contribution in [0.5, 0.6) is 5.75 Å². The molecule has 1 aromatic heterocycles. The Labute approximate surface area is 194 Å². The summed E-state index contributed by atoms with van der Waals surface area (Å²) in [5, 5.41) is 12.0. The highest BCUT2D eigenvalue weighted by molar-refractivity contribution is 6.46. The summed E-state index contributed by atoms with van der Waals surface area (Å²) in [6, 6.07) is 14.3. The van der Waals surface area contributed by atoms with Gasteiger partial charge in [-0.25, -0.2) is 0 Å². The molecule has 1 saturated heterocycles. The summed E-state index contributed by atoms with van der Waals surface area (Å²) >= 11 is 12.0. The number of nitrogens with zero attached hydrogens (tertiary/aromatic N) is 1. The van der Waals surface area contributed by atoms with Gasteiger partial charge in [-0.3, -0.25) is 9.59 Å². The molecule has 164 valence electrons. The Hall–Kier alpha value is -3.22. The van der Waals surface area contributed by atoms with Crippen molar-refractivity contribution in [3.63, 3.8) is 0 Å². The smallest absolute Gasteiger partial charge is 0.295 e. The van der Waals surface area contributed by atoms with Crippen LogP contribution in [0.25, 0.3) is 5.76 Å². The number of benzene rings is 2. The van der Waals surface area contributed by atoms with E-state index in [1.807, 2.05) is 12.1 Å². The van der Waals surface area contributed by atoms with Gasteiger partial charge in [0.25, 0.3) is 11.7 Å². The van der Waals surface area contributed by atoms with E-state index >= 15 is 0 Å². The highest BCUT2D eigenvalue weighted by atomic mass is 35.5. The van der Waals surface area contributed by atoms with Crippen LogP contribution in [0.4, 0.5) is 0 Å². The first-order chi connectivity index (χ1) is 15.4. The number of aliphatic hydroxyl groups excluding tert-OH is 1. The summed E-state index contributed by atoms with van der Waals surface area (Å²) in [7, 11) is 1.45. The van der Waals surface area contributed by atoms with Gasteiger partial charge in [-0.05, 0) is 54.4 Å². The van der Waals surface area contributed by atoms with Crippen molar-refractivity contribution >= 4 is 40.7 Å². The lowest BCUT2D eigenvalue weighted by Crippen LogP contribution is -2.31. The van der Waals surface area contributed by atoms with Crippen LogP contribution in [0.15, 0.2) is 70.9 Å². The van der Waals surface area contributed by atoms with Gasteiger partial charge < -0.3 is 19.2 Å². The average Bonchev–Trinajstić information content (AvgIpc) is 3.41. The minimum absolute atomic E-state index is 0.0505. The van der Waals surface area contributed by atoms with Crippen LogP contribution >= 0.6 is 23.2 Å². The molecule has 1 fully saturated rings. The number of hydrogen-bond acceptors (Lipinski definition) is 5. The molecule has 0 spiro atoms. The molecule has 1 amide bonds. The lowest BCUT2D eigenvalue weighted by Gasteiger charge is -2.23. The molecule has 1 unspecified atom stereocenters. The van der Waals surface area contributed by atoms with E-state index < -0.39 is 17.7 Å². The largest absolute Gasteiger partial charge is 0.507 e. The molecule has 2 aromatic carbocycles. The maximum Gasteiger partial charge on any atom is 0.295 e. The fourth-order valence-corrected chi connectivity index (χ4v) is 4.04. The first kappa shape index (κ1) is 22.0. The summed E-state index contributed by atoms with van der Waals surface area (Å²) < 4.78 is 10.7. The van der Waals surface area contributed by atoms with Crippen molar-refractivity contribution < 1.29 is 23.8 Å². The monoisotopic (exact) mass is 471 g/mol. The first-order valence-corrected chi connectivity index (χ1v) is 10.6. The number of halogens is 2. The number of ether oxygens (including phenoxy) is 1. The second-order valence-electron chi connectivity index (χ2n) is 7.23. The SMILES string of the molecule is COc1cc(/C(O)=C2/C(=O)C(=O)N(CCc3ccc(Cl)cc3)C2c2ccco2)ccc1Cl. The van der Waals surface area contributed by atoms with Gasteiger partial charge in [0.05, 0.1) is 24.0 Å². The summed E-state index contributed by atoms with van der Waals surface area (Å²) in [4.78, 5) is 27.3. The van der Waals surface area contributed by atoms with E-state index in [1.165, 1.54) is 24.3 Å². The number of rotatable bonds is 6. The third-order valence-corrected chi connectivity index (χ3v) is 5.90. The molecule has 0 bridgehead atoms. The number of furan rings is 1. The van der Waals surface area contributed by atoms with Crippen molar-refractivity contribution in [2.75, 3.05) is 13.7 Å². The molecular weight excluding hydrogens is 453 g/mol. The van der Waals surface area contributed by atoms with Gasteiger partial charge in [-0.1, -0.05) is 35.3 Å². The summed E-state index contributed by atoms with van der Waals surface area (Å²) in [5.74, 6) is -1.10. The Morgan fingerprint density at radius 1 is 1.12 bits per heavy atom. The Bertz CT molecular complexity index is 1190. The molecule has 8 heteroatoms. The summed E-state index contributed by atoms with van der Waals surface area (Å²) in [5.41, 5.74) is 1.21. The van der Waals surface area contributed by atoms with Gasteiger partial charge in [0.1, 0.15) is 23.3 Å². The number of ketones is 1. The van der Waals surface area contributed by atoms with Gasteiger partial charge in [-0.2, -0.15) is 0 Å². The Kier molecular flexibility index (Phi) is 6.26. The van der Waals surface area contributed by atoms with Gasteiger partial charge in [-0.15, -0.1) is 0 Å². The number of amides is 1. The Balaban J connectivity index is 1.74. The van der Waals surface area contributed by atoms with Crippen molar-refractivity contribution in [1.29, 1.82) is 0 Å². The molecule has 3 aromatic rings. The van der Waals surface area contributed by atoms with Crippen molar-refractivity contribution in [3.8, 4) is 5.75 Å². The number of aliphatic hydroxyl groups is 1. The van der Waals surface area contributed by atoms with E-state index in [0.29, 0.717) is 33.5 Å². The van der Waals surface area contributed by atoms with Crippen LogP contribution < -0.4 is 4.74 Å². The number of carbonyl (C=O) groups excluding carboxylic acids is 2. The molecular formula is C24H19Cl2NO5. The van der Waals surface area contributed by atoms with Gasteiger partial charge >= 0.3 is 0 Å². The molecule has 1 aliphatic rings. The van der Waals surface area contributed by atoms with Crippen molar-refractivity contribution in [2.45, 2.75) is 12.5 Å². The number of likely N-dealkylation sites (tertiary alicyclic amines) is 1. The van der Waals surface area contributed by atoms with E-state index in [4.69, 9.17) is 32.4 Å². The second-order valence-corrected chi connectivity index (χ2v) is 8.08. The number of methoxy groups -OCH3 is 1. The molecule has 1 N–H and O–H groups in total. The predicted molar refractivity (Wildman–Crippen MR) is 121 cm³/mol. The van der Waals surface area contributed by atoms with E-state index in [2.05, 4.69) is 0 Å². The number of hydrogen-bond donors (Lipinski definition) is 1. The van der Waals surface area contributed by atoms with Gasteiger partial charge in [0.15, 0.2) is 0 Å². The van der Waals surface area contributed by atoms with Gasteiger partial charge in [0.2, 0.25) is 0 Å². The first-order valence-electron chi connectivity index (χ1n) is 9.81. The van der Waals surface area contributed by atoms with Gasteiger partial charge in [0, 0.05) is 17.1 Å². The molecule has 1 aliphatic heterocycles. The highest BCUT2D eigenvalue weighted by Gasteiger charge is 2.47. The lowest BCUT2D eigenvalue weighted by molar-refractivity contribution is -0.140. The zero-order chi connectivity index (χ0) is 22.8. The van der Waals surface area contributed by atoms with E-state index in [9.17, 15) is 14.7 Å². The minimum atomic E-state index is -0.862. The summed E-state index contributed by atoms with van der Waals surface area (Å²) in [6.07, 6.45) is 1.95. The third kappa shape index (κ3) is 4.11. The molecule has 1 atom stereocenters. The molecule has 0 radical (unpaired) electrons. The zero-order valence-corrected chi connectivity index (χ0v) is 18.6. The topological polar surface area (TPSA) is 80.0 Å². The third-order valence-electron chi connectivity index (χ3n) is 5.33. The Morgan fingerprint density at radius 2 is 1.88 bits per heavy atom. The predicted octanol–water partition coefficient (Wildman–Crippen LogP) is 5.26. The average molecular weight is 472 g/mol. The fourth-order valence-electron chi connectivity index (χ4n) is 3.72. The number of carbonyl (C=O) groups is 2. The van der Waals surface area contributed by atoms with Crippen molar-refractivity contribution in [3.05, 3.63) is 93.4 Å². The lowest BCUT2D eigenvalue weighted by atomic mass is 9.99. The van der Waals surface area contributed by atoms with Crippen LogP contribution in [0, 0.1) is 0 Å². The molecule has 6 nitrogen and oxygen atoms in total. The Morgan fingerprint density at radius 3 is 2.53 bits per heavy atom. The molecule has 32 heavy (non-hydrogen) atoms. The fraction of sp³-hybridized carbons (Fsp3) is 0.167.